The molecule has 0 fully saturated rings. The first-order chi connectivity index (χ1) is 10.3. The monoisotopic (exact) mass is 289 g/mol. The zero-order valence-electron chi connectivity index (χ0n) is 12.5. The van der Waals surface area contributed by atoms with Crippen LogP contribution in [0.1, 0.15) is 45.4 Å². The van der Waals surface area contributed by atoms with Crippen LogP contribution in [-0.4, -0.2) is 28.0 Å². The lowest BCUT2D eigenvalue weighted by Crippen LogP contribution is -2.29. The lowest BCUT2D eigenvalue weighted by atomic mass is 10.1. The predicted octanol–water partition coefficient (Wildman–Crippen LogP) is 3.44. The summed E-state index contributed by atoms with van der Waals surface area (Å²) in [6.45, 7) is 2.92. The smallest absolute Gasteiger partial charge is 0.319 e. The number of carbonyl (C=O) groups excluding carboxylic acids is 1. The Balaban J connectivity index is 1.65. The molecule has 21 heavy (non-hydrogen) atoms. The Hall–Kier alpha value is -2.11. The Morgan fingerprint density at radius 3 is 2.71 bits per heavy atom. The number of aromatic amines is 1. The molecule has 1 heterocycles. The highest BCUT2D eigenvalue weighted by atomic mass is 16.2. The number of anilines is 1. The molecule has 6 nitrogen and oxygen atoms in total. The van der Waals surface area contributed by atoms with Gasteiger partial charge >= 0.3 is 6.03 Å². The number of rotatable bonds is 8. The van der Waals surface area contributed by atoms with Gasteiger partial charge in [0.05, 0.1) is 0 Å². The summed E-state index contributed by atoms with van der Waals surface area (Å²) in [5, 5.41) is 16.2. The minimum Gasteiger partial charge on any atom is -0.338 e. The van der Waals surface area contributed by atoms with E-state index in [4.69, 9.17) is 0 Å². The summed E-state index contributed by atoms with van der Waals surface area (Å²) in [4.78, 5) is 11.8. The number of H-pyrrole nitrogens is 1. The highest BCUT2D eigenvalue weighted by Gasteiger charge is 2.03. The minimum absolute atomic E-state index is 0.175. The topological polar surface area (TPSA) is 82.7 Å². The van der Waals surface area contributed by atoms with Gasteiger partial charge in [-0.3, -0.25) is 0 Å². The van der Waals surface area contributed by atoms with Gasteiger partial charge in [0.1, 0.15) is 11.0 Å². The summed E-state index contributed by atoms with van der Waals surface area (Å²) in [7, 11) is 0. The SMILES string of the molecule is CCCCCCCCNC(=O)Nc1ccc2n[nH]nc2c1. The quantitative estimate of drug-likeness (QED) is 0.651. The summed E-state index contributed by atoms with van der Waals surface area (Å²) < 4.78 is 0. The van der Waals surface area contributed by atoms with Crippen LogP contribution in [0, 0.1) is 0 Å². The Morgan fingerprint density at radius 2 is 1.86 bits per heavy atom. The van der Waals surface area contributed by atoms with Crippen LogP contribution in [0.15, 0.2) is 18.2 Å². The third kappa shape index (κ3) is 5.06. The molecule has 0 bridgehead atoms. The Kier molecular flexibility index (Phi) is 5.99. The zero-order chi connectivity index (χ0) is 14.9. The number of fused-ring (bicyclic) bond motifs is 1. The van der Waals surface area contributed by atoms with E-state index in [1.165, 1.54) is 32.1 Å². The first-order valence-electron chi connectivity index (χ1n) is 7.65. The lowest BCUT2D eigenvalue weighted by molar-refractivity contribution is 0.252. The molecule has 6 heteroatoms. The van der Waals surface area contributed by atoms with Crippen LogP contribution in [0.2, 0.25) is 0 Å². The summed E-state index contributed by atoms with van der Waals surface area (Å²) in [6, 6.07) is 5.26. The lowest BCUT2D eigenvalue weighted by Gasteiger charge is -2.07. The Bertz CT molecular complexity index is 566. The number of aromatic nitrogens is 3. The van der Waals surface area contributed by atoms with E-state index in [1.807, 2.05) is 12.1 Å². The highest BCUT2D eigenvalue weighted by molar-refractivity contribution is 5.91. The molecule has 0 saturated carbocycles. The van der Waals surface area contributed by atoms with E-state index in [2.05, 4.69) is 33.0 Å². The highest BCUT2D eigenvalue weighted by Crippen LogP contribution is 2.14. The van der Waals surface area contributed by atoms with Crippen LogP contribution < -0.4 is 10.6 Å². The molecule has 0 aliphatic rings. The van der Waals surface area contributed by atoms with Crippen LogP contribution in [0.4, 0.5) is 10.5 Å². The number of hydrogen-bond acceptors (Lipinski definition) is 3. The van der Waals surface area contributed by atoms with Crippen LogP contribution in [0.3, 0.4) is 0 Å². The van der Waals surface area contributed by atoms with Crippen molar-refractivity contribution in [1.82, 2.24) is 20.7 Å². The molecule has 0 spiro atoms. The molecule has 1 aromatic heterocycles. The molecule has 3 N–H and O–H groups in total. The van der Waals surface area contributed by atoms with Crippen molar-refractivity contribution < 1.29 is 4.79 Å². The first-order valence-corrected chi connectivity index (χ1v) is 7.65. The molecule has 0 radical (unpaired) electrons. The maximum atomic E-state index is 11.8. The predicted molar refractivity (Wildman–Crippen MR) is 84.3 cm³/mol. The second-order valence-electron chi connectivity index (χ2n) is 5.18. The van der Waals surface area contributed by atoms with Crippen molar-refractivity contribution in [3.63, 3.8) is 0 Å². The largest absolute Gasteiger partial charge is 0.338 e. The van der Waals surface area contributed by atoms with Crippen LogP contribution in [0.25, 0.3) is 11.0 Å². The maximum Gasteiger partial charge on any atom is 0.319 e. The number of carbonyl (C=O) groups is 1. The zero-order valence-corrected chi connectivity index (χ0v) is 12.5. The molecule has 0 aliphatic heterocycles. The molecule has 0 saturated heterocycles. The Labute approximate surface area is 124 Å². The number of hydrogen-bond donors (Lipinski definition) is 3. The van der Waals surface area contributed by atoms with Gasteiger partial charge in [-0.1, -0.05) is 39.0 Å². The fourth-order valence-corrected chi connectivity index (χ4v) is 2.20. The van der Waals surface area contributed by atoms with E-state index in [9.17, 15) is 4.79 Å². The van der Waals surface area contributed by atoms with Crippen molar-refractivity contribution in [3.05, 3.63) is 18.2 Å². The molecule has 0 aliphatic carbocycles. The van der Waals surface area contributed by atoms with Gasteiger partial charge in [-0.25, -0.2) is 4.79 Å². The van der Waals surface area contributed by atoms with E-state index in [-0.39, 0.29) is 6.03 Å². The van der Waals surface area contributed by atoms with E-state index in [0.29, 0.717) is 6.54 Å². The molecular formula is C15H23N5O. The number of unbranched alkanes of at least 4 members (excludes halogenated alkanes) is 5. The third-order valence-corrected chi connectivity index (χ3v) is 3.39. The average molecular weight is 289 g/mol. The fourth-order valence-electron chi connectivity index (χ4n) is 2.20. The van der Waals surface area contributed by atoms with Crippen LogP contribution in [-0.2, 0) is 0 Å². The first kappa shape index (κ1) is 15.3. The van der Waals surface area contributed by atoms with Gasteiger partial charge in [0.15, 0.2) is 0 Å². The van der Waals surface area contributed by atoms with E-state index >= 15 is 0 Å². The number of nitrogens with one attached hydrogen (secondary N) is 3. The van der Waals surface area contributed by atoms with Gasteiger partial charge in [0.2, 0.25) is 0 Å². The molecule has 2 aromatic rings. The van der Waals surface area contributed by atoms with Gasteiger partial charge < -0.3 is 10.6 Å². The van der Waals surface area contributed by atoms with Gasteiger partial charge in [-0.2, -0.15) is 15.4 Å². The van der Waals surface area contributed by atoms with Gasteiger partial charge in [-0.15, -0.1) is 0 Å². The molecule has 0 unspecified atom stereocenters. The Morgan fingerprint density at radius 1 is 1.10 bits per heavy atom. The second-order valence-corrected chi connectivity index (χ2v) is 5.18. The van der Waals surface area contributed by atoms with Gasteiger partial charge in [-0.05, 0) is 24.6 Å². The summed E-state index contributed by atoms with van der Waals surface area (Å²) in [5.74, 6) is 0. The molecule has 2 rings (SSSR count). The minimum atomic E-state index is -0.175. The normalized spacial score (nSPS) is 10.7. The van der Waals surface area contributed by atoms with Gasteiger partial charge in [0, 0.05) is 12.2 Å². The maximum absolute atomic E-state index is 11.8. The summed E-state index contributed by atoms with van der Waals surface area (Å²) in [5.41, 5.74) is 2.24. The fraction of sp³-hybridized carbons (Fsp3) is 0.533. The molecular weight excluding hydrogens is 266 g/mol. The number of amides is 2. The van der Waals surface area contributed by atoms with Crippen molar-refractivity contribution in [2.24, 2.45) is 0 Å². The van der Waals surface area contributed by atoms with Crippen molar-refractivity contribution in [2.45, 2.75) is 45.4 Å². The average Bonchev–Trinajstić information content (AvgIpc) is 2.94. The van der Waals surface area contributed by atoms with Crippen molar-refractivity contribution in [2.75, 3.05) is 11.9 Å². The van der Waals surface area contributed by atoms with Crippen molar-refractivity contribution in [1.29, 1.82) is 0 Å². The standard InChI is InChI=1S/C15H23N5O/c1-2-3-4-5-6-7-10-16-15(21)17-12-8-9-13-14(11-12)19-20-18-13/h8-9,11H,2-7,10H2,1H3,(H2,16,17,21)(H,18,19,20). The van der Waals surface area contributed by atoms with E-state index in [1.54, 1.807) is 6.07 Å². The molecule has 114 valence electrons. The second kappa shape index (κ2) is 8.24. The summed E-state index contributed by atoms with van der Waals surface area (Å²) >= 11 is 0. The van der Waals surface area contributed by atoms with Gasteiger partial charge in [0.25, 0.3) is 0 Å². The molecule has 1 aromatic carbocycles. The van der Waals surface area contributed by atoms with Crippen molar-refractivity contribution in [3.8, 4) is 0 Å². The number of nitrogens with zero attached hydrogens (tertiary/aromatic N) is 2. The third-order valence-electron chi connectivity index (χ3n) is 3.39. The molecule has 0 atom stereocenters. The molecule has 2 amide bonds. The van der Waals surface area contributed by atoms with E-state index in [0.717, 1.165) is 23.1 Å². The summed E-state index contributed by atoms with van der Waals surface area (Å²) in [6.07, 6.45) is 7.31. The number of benzene rings is 1. The van der Waals surface area contributed by atoms with Crippen LogP contribution in [0.5, 0.6) is 0 Å². The van der Waals surface area contributed by atoms with E-state index < -0.39 is 0 Å². The van der Waals surface area contributed by atoms with Crippen LogP contribution >= 0.6 is 0 Å². The van der Waals surface area contributed by atoms with Crippen molar-refractivity contribution >= 4 is 22.8 Å². The number of urea groups is 1.